The molecule has 0 N–H and O–H groups in total. The van der Waals surface area contributed by atoms with Gasteiger partial charge >= 0.3 is 11.9 Å². The maximum Gasteiger partial charge on any atom is 0.313 e. The van der Waals surface area contributed by atoms with Crippen molar-refractivity contribution in [3.05, 3.63) is 39.9 Å². The van der Waals surface area contributed by atoms with Gasteiger partial charge in [0, 0.05) is 12.1 Å². The van der Waals surface area contributed by atoms with E-state index in [1.807, 2.05) is 0 Å². The molecule has 0 radical (unpaired) electrons. The molecule has 2 atom stereocenters. The van der Waals surface area contributed by atoms with Gasteiger partial charge in [0.1, 0.15) is 5.60 Å². The van der Waals surface area contributed by atoms with Gasteiger partial charge in [-0.25, -0.2) is 0 Å². The molecule has 7 heteroatoms. The average Bonchev–Trinajstić information content (AvgIpc) is 3.20. The van der Waals surface area contributed by atoms with Crippen LogP contribution in [-0.4, -0.2) is 29.6 Å². The first-order valence-electron chi connectivity index (χ1n) is 7.64. The van der Waals surface area contributed by atoms with Crippen LogP contribution in [0.3, 0.4) is 0 Å². The Kier molecular flexibility index (Phi) is 4.64. The van der Waals surface area contributed by atoms with Gasteiger partial charge in [-0.05, 0) is 39.2 Å². The highest BCUT2D eigenvalue weighted by molar-refractivity contribution is 5.91. The maximum absolute atomic E-state index is 12.3. The van der Waals surface area contributed by atoms with Crippen molar-refractivity contribution in [2.45, 2.75) is 39.2 Å². The third-order valence-corrected chi connectivity index (χ3v) is 4.00. The summed E-state index contributed by atoms with van der Waals surface area (Å²) in [6.45, 7) is 5.27. The number of non-ortho nitro benzene ring substituents is 1. The van der Waals surface area contributed by atoms with E-state index in [9.17, 15) is 19.7 Å². The van der Waals surface area contributed by atoms with Gasteiger partial charge in [-0.2, -0.15) is 0 Å². The van der Waals surface area contributed by atoms with Crippen LogP contribution in [0.15, 0.2) is 24.3 Å². The molecule has 1 aliphatic carbocycles. The fourth-order valence-electron chi connectivity index (χ4n) is 2.83. The standard InChI is InChI=1S/C17H21NO6/c1-16(2,3)24-14(19)13-10-17(13,15(20)23-4)9-11-6-5-7-12(8-11)18(21)22/h5-8,13H,9-10H2,1-4H3/t13?,17-/m0/s1. The molecular weight excluding hydrogens is 314 g/mol. The zero-order valence-corrected chi connectivity index (χ0v) is 14.2. The Bertz CT molecular complexity index is 678. The van der Waals surface area contributed by atoms with Crippen LogP contribution in [0.4, 0.5) is 5.69 Å². The van der Waals surface area contributed by atoms with Crippen LogP contribution in [0.25, 0.3) is 0 Å². The number of ether oxygens (including phenoxy) is 2. The first-order valence-corrected chi connectivity index (χ1v) is 7.64. The second-order valence-electron chi connectivity index (χ2n) is 7.04. The number of benzene rings is 1. The molecule has 0 aliphatic heterocycles. The molecule has 1 aromatic rings. The lowest BCUT2D eigenvalue weighted by molar-refractivity contribution is -0.384. The van der Waals surface area contributed by atoms with E-state index in [0.29, 0.717) is 12.0 Å². The van der Waals surface area contributed by atoms with Crippen molar-refractivity contribution in [1.29, 1.82) is 0 Å². The van der Waals surface area contributed by atoms with Gasteiger partial charge in [0.05, 0.1) is 23.4 Å². The summed E-state index contributed by atoms with van der Waals surface area (Å²) < 4.78 is 10.2. The van der Waals surface area contributed by atoms with E-state index in [-0.39, 0.29) is 12.1 Å². The largest absolute Gasteiger partial charge is 0.469 e. The smallest absolute Gasteiger partial charge is 0.313 e. The molecule has 1 unspecified atom stereocenters. The van der Waals surface area contributed by atoms with Crippen molar-refractivity contribution in [3.8, 4) is 0 Å². The molecule has 130 valence electrons. The van der Waals surface area contributed by atoms with Crippen molar-refractivity contribution in [2.75, 3.05) is 7.11 Å². The monoisotopic (exact) mass is 335 g/mol. The Balaban J connectivity index is 2.23. The minimum atomic E-state index is -1.01. The van der Waals surface area contributed by atoms with E-state index in [0.717, 1.165) is 0 Å². The summed E-state index contributed by atoms with van der Waals surface area (Å²) >= 11 is 0. The van der Waals surface area contributed by atoms with Crippen LogP contribution < -0.4 is 0 Å². The van der Waals surface area contributed by atoms with Crippen molar-refractivity contribution in [3.63, 3.8) is 0 Å². The Morgan fingerprint density at radius 3 is 2.58 bits per heavy atom. The minimum Gasteiger partial charge on any atom is -0.469 e. The molecule has 24 heavy (non-hydrogen) atoms. The number of methoxy groups -OCH3 is 1. The molecule has 0 spiro atoms. The summed E-state index contributed by atoms with van der Waals surface area (Å²) in [6.07, 6.45) is 0.516. The minimum absolute atomic E-state index is 0.0537. The third kappa shape index (κ3) is 3.72. The van der Waals surface area contributed by atoms with E-state index in [1.54, 1.807) is 32.9 Å². The molecule has 2 rings (SSSR count). The molecule has 1 saturated carbocycles. The molecule has 1 aromatic carbocycles. The first-order chi connectivity index (χ1) is 11.1. The summed E-state index contributed by atoms with van der Waals surface area (Å²) in [7, 11) is 1.27. The number of rotatable bonds is 5. The summed E-state index contributed by atoms with van der Waals surface area (Å²) in [5.41, 5.74) is -1.10. The molecule has 1 aliphatic rings. The van der Waals surface area contributed by atoms with Crippen molar-refractivity contribution in [2.24, 2.45) is 11.3 Å². The molecule has 0 amide bonds. The Morgan fingerprint density at radius 2 is 2.04 bits per heavy atom. The highest BCUT2D eigenvalue weighted by Crippen LogP contribution is 2.56. The van der Waals surface area contributed by atoms with Crippen molar-refractivity contribution < 1.29 is 24.0 Å². The summed E-state index contributed by atoms with van der Waals surface area (Å²) in [5.74, 6) is -1.54. The molecule has 1 fully saturated rings. The fourth-order valence-corrected chi connectivity index (χ4v) is 2.83. The highest BCUT2D eigenvalue weighted by Gasteiger charge is 2.65. The number of nitrogens with zero attached hydrogens (tertiary/aromatic N) is 1. The number of carbonyl (C=O) groups excluding carboxylic acids is 2. The Labute approximate surface area is 140 Å². The summed E-state index contributed by atoms with van der Waals surface area (Å²) in [5, 5.41) is 10.9. The number of hydrogen-bond acceptors (Lipinski definition) is 6. The SMILES string of the molecule is COC(=O)[C@@]1(Cc2cccc([N+](=O)[O-])c2)CC1C(=O)OC(C)(C)C. The number of esters is 2. The van der Waals surface area contributed by atoms with Crippen molar-refractivity contribution >= 4 is 17.6 Å². The van der Waals surface area contributed by atoms with Crippen LogP contribution in [0.1, 0.15) is 32.8 Å². The topological polar surface area (TPSA) is 95.7 Å². The summed E-state index contributed by atoms with van der Waals surface area (Å²) in [4.78, 5) is 34.9. The maximum atomic E-state index is 12.3. The third-order valence-electron chi connectivity index (χ3n) is 4.00. The Morgan fingerprint density at radius 1 is 1.38 bits per heavy atom. The van der Waals surface area contributed by atoms with E-state index in [1.165, 1.54) is 19.2 Å². The van der Waals surface area contributed by atoms with Gasteiger partial charge in [-0.3, -0.25) is 19.7 Å². The lowest BCUT2D eigenvalue weighted by atomic mass is 9.93. The molecule has 0 heterocycles. The fraction of sp³-hybridized carbons (Fsp3) is 0.529. The average molecular weight is 335 g/mol. The second-order valence-corrected chi connectivity index (χ2v) is 7.04. The number of hydrogen-bond donors (Lipinski definition) is 0. The van der Waals surface area contributed by atoms with Gasteiger partial charge in [-0.1, -0.05) is 12.1 Å². The van der Waals surface area contributed by atoms with Crippen LogP contribution in [0.5, 0.6) is 0 Å². The number of carbonyl (C=O) groups is 2. The van der Waals surface area contributed by atoms with Gasteiger partial charge in [0.2, 0.25) is 0 Å². The normalized spacial score (nSPS) is 22.6. The number of nitro groups is 1. The van der Waals surface area contributed by atoms with E-state index >= 15 is 0 Å². The van der Waals surface area contributed by atoms with E-state index < -0.39 is 33.8 Å². The molecule has 0 saturated heterocycles. The van der Waals surface area contributed by atoms with Crippen LogP contribution in [0.2, 0.25) is 0 Å². The van der Waals surface area contributed by atoms with Crippen LogP contribution >= 0.6 is 0 Å². The first kappa shape index (κ1) is 17.9. The predicted octanol–water partition coefficient (Wildman–Crippen LogP) is 2.66. The van der Waals surface area contributed by atoms with Crippen LogP contribution in [-0.2, 0) is 25.5 Å². The van der Waals surface area contributed by atoms with E-state index in [4.69, 9.17) is 9.47 Å². The van der Waals surface area contributed by atoms with Gasteiger partial charge in [-0.15, -0.1) is 0 Å². The highest BCUT2D eigenvalue weighted by atomic mass is 16.6. The lowest BCUT2D eigenvalue weighted by Crippen LogP contribution is -2.30. The molecule has 7 nitrogen and oxygen atoms in total. The predicted molar refractivity (Wildman–Crippen MR) is 85.2 cm³/mol. The molecule has 0 bridgehead atoms. The molecule has 0 aromatic heterocycles. The van der Waals surface area contributed by atoms with Crippen molar-refractivity contribution in [1.82, 2.24) is 0 Å². The number of nitro benzene ring substituents is 1. The van der Waals surface area contributed by atoms with E-state index in [2.05, 4.69) is 0 Å². The zero-order chi connectivity index (χ0) is 18.1. The van der Waals surface area contributed by atoms with Gasteiger partial charge < -0.3 is 9.47 Å². The molecular formula is C17H21NO6. The summed E-state index contributed by atoms with van der Waals surface area (Å²) in [6, 6.07) is 6.05. The van der Waals surface area contributed by atoms with Crippen LogP contribution in [0, 0.1) is 21.4 Å². The Hall–Kier alpha value is -2.44. The lowest BCUT2D eigenvalue weighted by Gasteiger charge is -2.21. The second kappa shape index (κ2) is 6.22. The quantitative estimate of drug-likeness (QED) is 0.466. The zero-order valence-electron chi connectivity index (χ0n) is 14.2. The van der Waals surface area contributed by atoms with Gasteiger partial charge in [0.15, 0.2) is 0 Å². The van der Waals surface area contributed by atoms with Gasteiger partial charge in [0.25, 0.3) is 5.69 Å².